The van der Waals surface area contributed by atoms with Gasteiger partial charge in [-0.15, -0.1) is 65.2 Å². The SMILES string of the molecule is [Ir].[c-]1cc2c(cc1-c1nccc3c1ccc1c4ccccc4ccc31)C1(c3ccccc3-c3ccccc31)c1ccccc1-2.[c-]1ccccc1-c1ccccn1. The zero-order valence-corrected chi connectivity index (χ0v) is 32.6. The second-order valence-electron chi connectivity index (χ2n) is 14.3. The molecular formula is C53H32IrN2-2. The van der Waals surface area contributed by atoms with Crippen molar-refractivity contribution in [1.29, 1.82) is 0 Å². The number of aromatic nitrogens is 2. The molecule has 2 nitrogen and oxygen atoms in total. The number of fused-ring (bicyclic) bond motifs is 15. The van der Waals surface area contributed by atoms with Crippen molar-refractivity contribution in [1.82, 2.24) is 9.97 Å². The molecule has 56 heavy (non-hydrogen) atoms. The Morgan fingerprint density at radius 3 is 1.71 bits per heavy atom. The van der Waals surface area contributed by atoms with Crippen LogP contribution in [0.1, 0.15) is 22.3 Å². The van der Waals surface area contributed by atoms with Crippen LogP contribution in [0.2, 0.25) is 0 Å². The number of nitrogens with zero attached hydrogens (tertiary/aromatic N) is 2. The second-order valence-corrected chi connectivity index (χ2v) is 14.3. The van der Waals surface area contributed by atoms with Crippen molar-refractivity contribution in [3.05, 3.63) is 229 Å². The quantitative estimate of drug-likeness (QED) is 0.128. The molecule has 265 valence electrons. The molecule has 0 atom stereocenters. The van der Waals surface area contributed by atoms with E-state index in [0.717, 1.165) is 27.9 Å². The molecule has 2 aromatic heterocycles. The van der Waals surface area contributed by atoms with E-state index >= 15 is 0 Å². The summed E-state index contributed by atoms with van der Waals surface area (Å²) >= 11 is 0. The molecule has 2 aliphatic rings. The molecule has 0 aliphatic heterocycles. The Labute approximate surface area is 339 Å². The van der Waals surface area contributed by atoms with Gasteiger partial charge >= 0.3 is 0 Å². The minimum absolute atomic E-state index is 0. The van der Waals surface area contributed by atoms with Crippen molar-refractivity contribution in [3.63, 3.8) is 0 Å². The van der Waals surface area contributed by atoms with E-state index in [2.05, 4.69) is 157 Å². The number of pyridine rings is 2. The molecule has 1 radical (unpaired) electrons. The Morgan fingerprint density at radius 1 is 0.393 bits per heavy atom. The smallest absolute Gasteiger partial charge is 0.0550 e. The number of hydrogen-bond acceptors (Lipinski definition) is 2. The van der Waals surface area contributed by atoms with Crippen LogP contribution >= 0.6 is 0 Å². The van der Waals surface area contributed by atoms with E-state index in [-0.39, 0.29) is 25.5 Å². The van der Waals surface area contributed by atoms with Gasteiger partial charge in [-0.25, -0.2) is 0 Å². The van der Waals surface area contributed by atoms with Crippen molar-refractivity contribution in [2.24, 2.45) is 0 Å². The van der Waals surface area contributed by atoms with Gasteiger partial charge in [-0.05, 0) is 83.7 Å². The summed E-state index contributed by atoms with van der Waals surface area (Å²) in [5.74, 6) is 0. The standard InChI is InChI=1S/C42H24N.C11H8N.Ir/c1-2-10-28-26(9-1)17-19-30-29(28)21-22-36-31(30)23-24-43-41(36)27-18-20-35-34-13-5-8-16-39(34)42(40(35)25-27)37-14-6-3-11-32(37)33-12-4-7-15-38(33)42;1-2-6-10(7-3-1)11-8-4-5-9-12-11;/h1-17,19-25H;1-6,8-9H;/q2*-1;. The Balaban J connectivity index is 0.000000254. The van der Waals surface area contributed by atoms with Crippen molar-refractivity contribution >= 4 is 32.3 Å². The van der Waals surface area contributed by atoms with Gasteiger partial charge in [0, 0.05) is 32.5 Å². The fourth-order valence-corrected chi connectivity index (χ4v) is 9.21. The molecule has 3 heteroatoms. The van der Waals surface area contributed by atoms with Crippen LogP contribution < -0.4 is 0 Å². The summed E-state index contributed by atoms with van der Waals surface area (Å²) in [6.07, 6.45) is 3.74. The summed E-state index contributed by atoms with van der Waals surface area (Å²) in [7, 11) is 0. The first-order valence-electron chi connectivity index (χ1n) is 18.7. The number of benzene rings is 8. The van der Waals surface area contributed by atoms with Crippen LogP contribution in [0.3, 0.4) is 0 Å². The summed E-state index contributed by atoms with van der Waals surface area (Å²) < 4.78 is 0. The van der Waals surface area contributed by atoms with E-state index in [1.165, 1.54) is 71.4 Å². The van der Waals surface area contributed by atoms with E-state index < -0.39 is 0 Å². The molecule has 0 bridgehead atoms. The second kappa shape index (κ2) is 13.7. The van der Waals surface area contributed by atoms with Crippen LogP contribution in [0.5, 0.6) is 0 Å². The first kappa shape index (κ1) is 34.0. The van der Waals surface area contributed by atoms with Gasteiger partial charge in [-0.1, -0.05) is 145 Å². The van der Waals surface area contributed by atoms with Gasteiger partial charge in [0.15, 0.2) is 0 Å². The van der Waals surface area contributed by atoms with Gasteiger partial charge < -0.3 is 9.97 Å². The topological polar surface area (TPSA) is 25.8 Å². The van der Waals surface area contributed by atoms with Crippen LogP contribution in [0, 0.1) is 12.1 Å². The average molecular weight is 889 g/mol. The van der Waals surface area contributed by atoms with Gasteiger partial charge in [0.25, 0.3) is 0 Å². The zero-order valence-electron chi connectivity index (χ0n) is 30.2. The van der Waals surface area contributed by atoms with Crippen LogP contribution in [0.25, 0.3) is 77.1 Å². The molecule has 10 aromatic rings. The Hall–Kier alpha value is -6.51. The zero-order chi connectivity index (χ0) is 36.3. The van der Waals surface area contributed by atoms with Crippen LogP contribution in [0.15, 0.2) is 194 Å². The average Bonchev–Trinajstić information content (AvgIpc) is 3.74. The van der Waals surface area contributed by atoms with Crippen LogP contribution in [0.4, 0.5) is 0 Å². The van der Waals surface area contributed by atoms with Gasteiger partial charge in [0.1, 0.15) is 0 Å². The van der Waals surface area contributed by atoms with Gasteiger partial charge in [0.05, 0.1) is 5.41 Å². The summed E-state index contributed by atoms with van der Waals surface area (Å²) in [6, 6.07) is 71.7. The number of hydrogen-bond donors (Lipinski definition) is 0. The Morgan fingerprint density at radius 2 is 1.00 bits per heavy atom. The molecule has 2 heterocycles. The van der Waals surface area contributed by atoms with Crippen molar-refractivity contribution in [2.45, 2.75) is 5.41 Å². The normalized spacial score (nSPS) is 12.6. The summed E-state index contributed by atoms with van der Waals surface area (Å²) in [4.78, 5) is 9.21. The first-order chi connectivity index (χ1) is 27.3. The molecule has 0 N–H and O–H groups in total. The maximum atomic E-state index is 4.99. The van der Waals surface area contributed by atoms with Crippen molar-refractivity contribution in [2.75, 3.05) is 0 Å². The van der Waals surface area contributed by atoms with E-state index in [0.29, 0.717) is 0 Å². The fourth-order valence-electron chi connectivity index (χ4n) is 9.21. The van der Waals surface area contributed by atoms with Crippen LogP contribution in [-0.4, -0.2) is 9.97 Å². The minimum atomic E-state index is -0.376. The maximum Gasteiger partial charge on any atom is 0.0550 e. The third-order valence-electron chi connectivity index (χ3n) is 11.5. The predicted molar refractivity (Wildman–Crippen MR) is 226 cm³/mol. The molecule has 1 spiro atoms. The molecular weight excluding hydrogens is 857 g/mol. The van der Waals surface area contributed by atoms with E-state index in [9.17, 15) is 0 Å². The van der Waals surface area contributed by atoms with Gasteiger partial charge in [-0.2, -0.15) is 0 Å². The van der Waals surface area contributed by atoms with E-state index in [4.69, 9.17) is 4.98 Å². The molecule has 0 saturated carbocycles. The summed E-state index contributed by atoms with van der Waals surface area (Å²) in [5, 5.41) is 7.44. The van der Waals surface area contributed by atoms with Crippen LogP contribution in [-0.2, 0) is 25.5 Å². The molecule has 0 unspecified atom stereocenters. The fraction of sp³-hybridized carbons (Fsp3) is 0.0189. The largest absolute Gasteiger partial charge is 0.305 e. The third-order valence-corrected chi connectivity index (χ3v) is 11.5. The minimum Gasteiger partial charge on any atom is -0.305 e. The van der Waals surface area contributed by atoms with Crippen molar-refractivity contribution < 1.29 is 20.1 Å². The summed E-state index contributed by atoms with van der Waals surface area (Å²) in [6.45, 7) is 0. The first-order valence-corrected chi connectivity index (χ1v) is 18.7. The Bertz CT molecular complexity index is 3000. The molecule has 0 fully saturated rings. The predicted octanol–water partition coefficient (Wildman–Crippen LogP) is 12.9. The van der Waals surface area contributed by atoms with E-state index in [1.54, 1.807) is 6.20 Å². The van der Waals surface area contributed by atoms with Gasteiger partial charge in [0.2, 0.25) is 0 Å². The summed E-state index contributed by atoms with van der Waals surface area (Å²) in [5.41, 5.74) is 14.2. The molecule has 0 amide bonds. The third kappa shape index (κ3) is 5.06. The molecule has 0 saturated heterocycles. The Kier molecular flexibility index (Phi) is 8.29. The number of rotatable bonds is 2. The van der Waals surface area contributed by atoms with Gasteiger partial charge in [-0.3, -0.25) is 0 Å². The maximum absolute atomic E-state index is 4.99. The van der Waals surface area contributed by atoms with Crippen molar-refractivity contribution in [3.8, 4) is 44.8 Å². The molecule has 2 aliphatic carbocycles. The van der Waals surface area contributed by atoms with E-state index in [1.807, 2.05) is 48.7 Å². The molecule has 12 rings (SSSR count). The monoisotopic (exact) mass is 889 g/mol. The molecule has 8 aromatic carbocycles.